The Labute approximate surface area is 115 Å². The predicted molar refractivity (Wildman–Crippen MR) is 66.7 cm³/mol. The molecular weight excluding hydrogens is 271 g/mol. The maximum absolute atomic E-state index is 13.7. The normalized spacial score (nSPS) is 19.8. The second kappa shape index (κ2) is 6.26. The molecule has 1 fully saturated rings. The zero-order valence-electron chi connectivity index (χ0n) is 10.9. The van der Waals surface area contributed by atoms with E-state index in [-0.39, 0.29) is 6.61 Å². The first-order chi connectivity index (χ1) is 9.56. The van der Waals surface area contributed by atoms with Crippen molar-refractivity contribution in [3.8, 4) is 0 Å². The Morgan fingerprint density at radius 1 is 1.20 bits per heavy atom. The number of nitrogens with zero attached hydrogens (tertiary/aromatic N) is 1. The molecule has 1 aliphatic heterocycles. The van der Waals surface area contributed by atoms with Crippen molar-refractivity contribution in [3.05, 3.63) is 35.1 Å². The second-order valence-corrected chi connectivity index (χ2v) is 4.91. The molecule has 1 N–H and O–H groups in total. The largest absolute Gasteiger partial charge is 0.394 e. The van der Waals surface area contributed by atoms with Gasteiger partial charge in [-0.05, 0) is 25.0 Å². The van der Waals surface area contributed by atoms with Gasteiger partial charge in [-0.1, -0.05) is 12.8 Å². The molecule has 1 saturated heterocycles. The number of carbonyl (C=O) groups excluding carboxylic acids is 1. The highest BCUT2D eigenvalue weighted by atomic mass is 19.2. The summed E-state index contributed by atoms with van der Waals surface area (Å²) in [4.78, 5) is 13.6. The Morgan fingerprint density at radius 3 is 2.65 bits per heavy atom. The van der Waals surface area contributed by atoms with Gasteiger partial charge in [-0.2, -0.15) is 0 Å². The van der Waals surface area contributed by atoms with Gasteiger partial charge in [-0.3, -0.25) is 4.79 Å². The molecular formula is C14H16F3NO2. The lowest BCUT2D eigenvalue weighted by molar-refractivity contribution is 0.0594. The van der Waals surface area contributed by atoms with Crippen LogP contribution in [0, 0.1) is 17.5 Å². The second-order valence-electron chi connectivity index (χ2n) is 4.91. The Morgan fingerprint density at radius 2 is 1.95 bits per heavy atom. The molecule has 1 heterocycles. The van der Waals surface area contributed by atoms with Crippen LogP contribution in [0.4, 0.5) is 13.2 Å². The zero-order chi connectivity index (χ0) is 14.7. The third-order valence-corrected chi connectivity index (χ3v) is 3.61. The van der Waals surface area contributed by atoms with Gasteiger partial charge in [0.1, 0.15) is 0 Å². The summed E-state index contributed by atoms with van der Waals surface area (Å²) >= 11 is 0. The van der Waals surface area contributed by atoms with Crippen LogP contribution in [-0.2, 0) is 0 Å². The molecule has 2 rings (SSSR count). The minimum atomic E-state index is -1.65. The van der Waals surface area contributed by atoms with Gasteiger partial charge < -0.3 is 10.0 Å². The molecule has 3 nitrogen and oxygen atoms in total. The molecule has 1 amide bonds. The van der Waals surface area contributed by atoms with Crippen molar-refractivity contribution in [1.29, 1.82) is 0 Å². The number of likely N-dealkylation sites (tertiary alicyclic amines) is 1. The molecule has 20 heavy (non-hydrogen) atoms. The van der Waals surface area contributed by atoms with Crippen molar-refractivity contribution in [2.75, 3.05) is 13.2 Å². The summed E-state index contributed by atoms with van der Waals surface area (Å²) in [6.45, 7) is 0.152. The molecule has 0 saturated carbocycles. The van der Waals surface area contributed by atoms with Crippen LogP contribution in [0.2, 0.25) is 0 Å². The Hall–Kier alpha value is -1.56. The number of aliphatic hydroxyl groups is 1. The number of halogens is 3. The minimum absolute atomic E-state index is 0.225. The average molecular weight is 287 g/mol. The summed E-state index contributed by atoms with van der Waals surface area (Å²) in [5, 5.41) is 9.33. The molecule has 1 atom stereocenters. The van der Waals surface area contributed by atoms with E-state index in [1.807, 2.05) is 0 Å². The highest BCUT2D eigenvalue weighted by molar-refractivity contribution is 5.94. The van der Waals surface area contributed by atoms with E-state index in [1.165, 1.54) is 4.90 Å². The van der Waals surface area contributed by atoms with Crippen molar-refractivity contribution in [2.24, 2.45) is 0 Å². The van der Waals surface area contributed by atoms with Crippen molar-refractivity contribution in [2.45, 2.75) is 31.7 Å². The van der Waals surface area contributed by atoms with Crippen LogP contribution in [0.15, 0.2) is 12.1 Å². The topological polar surface area (TPSA) is 40.5 Å². The number of amides is 1. The van der Waals surface area contributed by atoms with E-state index in [9.17, 15) is 23.1 Å². The van der Waals surface area contributed by atoms with Crippen molar-refractivity contribution < 1.29 is 23.1 Å². The number of rotatable bonds is 2. The highest BCUT2D eigenvalue weighted by Crippen LogP contribution is 2.22. The standard InChI is InChI=1S/C14H16F3NO2/c15-11-6-5-10(12(16)13(11)17)14(20)18-7-3-1-2-4-9(18)8-19/h5-6,9,19H,1-4,7-8H2. The number of benzene rings is 1. The van der Waals surface area contributed by atoms with Gasteiger partial charge in [-0.25, -0.2) is 13.2 Å². The van der Waals surface area contributed by atoms with E-state index in [0.717, 1.165) is 31.4 Å². The van der Waals surface area contributed by atoms with E-state index >= 15 is 0 Å². The van der Waals surface area contributed by atoms with Gasteiger partial charge in [-0.15, -0.1) is 0 Å². The van der Waals surface area contributed by atoms with E-state index in [0.29, 0.717) is 13.0 Å². The summed E-state index contributed by atoms with van der Waals surface area (Å²) in [6, 6.07) is 1.27. The molecule has 110 valence electrons. The first kappa shape index (κ1) is 14.8. The number of carbonyl (C=O) groups is 1. The van der Waals surface area contributed by atoms with Crippen LogP contribution in [-0.4, -0.2) is 35.1 Å². The molecule has 0 aliphatic carbocycles. The summed E-state index contributed by atoms with van der Waals surface area (Å²) in [6.07, 6.45) is 3.15. The van der Waals surface area contributed by atoms with Gasteiger partial charge in [0.2, 0.25) is 0 Å². The average Bonchev–Trinajstić information content (AvgIpc) is 2.69. The first-order valence-electron chi connectivity index (χ1n) is 6.61. The van der Waals surface area contributed by atoms with Crippen LogP contribution in [0.5, 0.6) is 0 Å². The van der Waals surface area contributed by atoms with Gasteiger partial charge >= 0.3 is 0 Å². The molecule has 1 aliphatic rings. The van der Waals surface area contributed by atoms with Gasteiger partial charge in [0, 0.05) is 6.54 Å². The lowest BCUT2D eigenvalue weighted by Gasteiger charge is -2.28. The van der Waals surface area contributed by atoms with Crippen LogP contribution in [0.3, 0.4) is 0 Å². The molecule has 0 spiro atoms. The van der Waals surface area contributed by atoms with Crippen molar-refractivity contribution >= 4 is 5.91 Å². The highest BCUT2D eigenvalue weighted by Gasteiger charge is 2.29. The third kappa shape index (κ3) is 2.80. The van der Waals surface area contributed by atoms with E-state index in [2.05, 4.69) is 0 Å². The zero-order valence-corrected chi connectivity index (χ0v) is 10.9. The monoisotopic (exact) mass is 287 g/mol. The predicted octanol–water partition coefficient (Wildman–Crippen LogP) is 2.48. The van der Waals surface area contributed by atoms with Gasteiger partial charge in [0.25, 0.3) is 5.91 Å². The van der Waals surface area contributed by atoms with E-state index in [4.69, 9.17) is 0 Å². The SMILES string of the molecule is O=C(c1ccc(F)c(F)c1F)N1CCCCCC1CO. The molecule has 0 bridgehead atoms. The summed E-state index contributed by atoms with van der Waals surface area (Å²) in [7, 11) is 0. The van der Waals surface area contributed by atoms with Crippen LogP contribution in [0.25, 0.3) is 0 Å². The van der Waals surface area contributed by atoms with Crippen molar-refractivity contribution in [3.63, 3.8) is 0 Å². The Bertz CT molecular complexity index is 507. The third-order valence-electron chi connectivity index (χ3n) is 3.61. The Balaban J connectivity index is 2.31. The molecule has 0 aromatic heterocycles. The molecule has 0 radical (unpaired) electrons. The maximum atomic E-state index is 13.7. The van der Waals surface area contributed by atoms with Crippen LogP contribution < -0.4 is 0 Å². The lowest BCUT2D eigenvalue weighted by Crippen LogP contribution is -2.42. The number of hydrogen-bond acceptors (Lipinski definition) is 2. The number of hydrogen-bond donors (Lipinski definition) is 1. The van der Waals surface area contributed by atoms with Crippen molar-refractivity contribution in [1.82, 2.24) is 4.90 Å². The molecule has 1 aromatic carbocycles. The molecule has 1 aromatic rings. The number of aliphatic hydroxyl groups excluding tert-OH is 1. The maximum Gasteiger partial charge on any atom is 0.257 e. The van der Waals surface area contributed by atoms with E-state index in [1.54, 1.807) is 0 Å². The minimum Gasteiger partial charge on any atom is -0.394 e. The fourth-order valence-corrected chi connectivity index (χ4v) is 2.48. The fourth-order valence-electron chi connectivity index (χ4n) is 2.48. The van der Waals surface area contributed by atoms with Crippen LogP contribution >= 0.6 is 0 Å². The van der Waals surface area contributed by atoms with Crippen LogP contribution in [0.1, 0.15) is 36.0 Å². The first-order valence-corrected chi connectivity index (χ1v) is 6.61. The smallest absolute Gasteiger partial charge is 0.257 e. The quantitative estimate of drug-likeness (QED) is 0.849. The van der Waals surface area contributed by atoms with Gasteiger partial charge in [0.15, 0.2) is 17.5 Å². The Kier molecular flexibility index (Phi) is 4.65. The summed E-state index contributed by atoms with van der Waals surface area (Å²) < 4.78 is 39.8. The lowest BCUT2D eigenvalue weighted by atomic mass is 10.1. The molecule has 1 unspecified atom stereocenters. The molecule has 6 heteroatoms. The van der Waals surface area contributed by atoms with E-state index < -0.39 is 35.0 Å². The fraction of sp³-hybridized carbons (Fsp3) is 0.500. The summed E-state index contributed by atoms with van der Waals surface area (Å²) in [5.74, 6) is -5.15. The summed E-state index contributed by atoms with van der Waals surface area (Å²) in [5.41, 5.74) is -0.496. The van der Waals surface area contributed by atoms with Gasteiger partial charge in [0.05, 0.1) is 18.2 Å².